The minimum Gasteiger partial charge on any atom is -0.481 e. The molecule has 8 heteroatoms. The molecule has 0 saturated heterocycles. The number of nitrogens with one attached hydrogen (secondary N) is 1. The summed E-state index contributed by atoms with van der Waals surface area (Å²) in [6, 6.07) is 9.11. The minimum atomic E-state index is -0.934. The molecule has 1 heterocycles. The van der Waals surface area contributed by atoms with Gasteiger partial charge in [-0.1, -0.05) is 35.9 Å². The van der Waals surface area contributed by atoms with E-state index in [-0.39, 0.29) is 17.3 Å². The van der Waals surface area contributed by atoms with Gasteiger partial charge in [0.15, 0.2) is 0 Å². The highest BCUT2D eigenvalue weighted by Crippen LogP contribution is 2.31. The first-order valence-electron chi connectivity index (χ1n) is 9.34. The maximum atomic E-state index is 14.1. The zero-order valence-corrected chi connectivity index (χ0v) is 17.5. The molecule has 158 valence electrons. The van der Waals surface area contributed by atoms with Crippen LogP contribution in [0.15, 0.2) is 36.4 Å². The fourth-order valence-corrected chi connectivity index (χ4v) is 3.67. The summed E-state index contributed by atoms with van der Waals surface area (Å²) in [5.41, 5.74) is 2.52. The van der Waals surface area contributed by atoms with Gasteiger partial charge in [0.05, 0.1) is 29.1 Å². The van der Waals surface area contributed by atoms with Gasteiger partial charge in [0.1, 0.15) is 11.5 Å². The van der Waals surface area contributed by atoms with Crippen LogP contribution in [0.5, 0.6) is 0 Å². The first-order valence-corrected chi connectivity index (χ1v) is 9.71. The lowest BCUT2D eigenvalue weighted by atomic mass is 9.98. The fourth-order valence-electron chi connectivity index (χ4n) is 3.37. The fraction of sp³-hybridized carbons (Fsp3) is 0.273. The molecule has 0 bridgehead atoms. The van der Waals surface area contributed by atoms with E-state index < -0.39 is 29.7 Å². The Morgan fingerprint density at radius 2 is 1.80 bits per heavy atom. The second kappa shape index (κ2) is 8.45. The zero-order valence-electron chi connectivity index (χ0n) is 16.7. The van der Waals surface area contributed by atoms with E-state index in [1.807, 2.05) is 0 Å². The number of aliphatic hydroxyl groups is 1. The van der Waals surface area contributed by atoms with Gasteiger partial charge in [-0.25, -0.2) is 4.39 Å². The lowest BCUT2D eigenvalue weighted by molar-refractivity contribution is -0.138. The van der Waals surface area contributed by atoms with Crippen LogP contribution >= 0.6 is 11.6 Å². The van der Waals surface area contributed by atoms with E-state index in [4.69, 9.17) is 16.7 Å². The number of carboxylic acid groups (broad SMARTS) is 1. The van der Waals surface area contributed by atoms with Gasteiger partial charge in [-0.05, 0) is 42.7 Å². The molecular formula is C22H22ClFN2O4. The first-order chi connectivity index (χ1) is 14.1. The van der Waals surface area contributed by atoms with Crippen LogP contribution < -0.4 is 5.32 Å². The number of aryl methyl sites for hydroxylation is 2. The van der Waals surface area contributed by atoms with Crippen molar-refractivity contribution in [2.45, 2.75) is 25.8 Å². The summed E-state index contributed by atoms with van der Waals surface area (Å²) in [7, 11) is 1.68. The van der Waals surface area contributed by atoms with Crippen LogP contribution in [-0.4, -0.2) is 33.3 Å². The van der Waals surface area contributed by atoms with E-state index in [9.17, 15) is 19.1 Å². The average molecular weight is 433 g/mol. The van der Waals surface area contributed by atoms with Crippen molar-refractivity contribution in [2.24, 2.45) is 7.05 Å². The molecule has 3 rings (SSSR count). The third-order valence-electron chi connectivity index (χ3n) is 5.34. The Balaban J connectivity index is 1.88. The monoisotopic (exact) mass is 432 g/mol. The van der Waals surface area contributed by atoms with E-state index >= 15 is 0 Å². The smallest absolute Gasteiger partial charge is 0.310 e. The second-order valence-corrected chi connectivity index (χ2v) is 7.66. The summed E-state index contributed by atoms with van der Waals surface area (Å²) >= 11 is 6.11. The highest BCUT2D eigenvalue weighted by Gasteiger charge is 2.21. The predicted octanol–water partition coefficient (Wildman–Crippen LogP) is 3.93. The minimum absolute atomic E-state index is 0.0403. The standard InChI is InChI=1S/C22H22ClFN2O4/c1-11-8-17-15(19(23)20(11)24)9-18(26(17)3)21(28)25-16(10-27)14-6-4-13(5-7-14)12(2)22(29)30/h4-9,12,16,27H,10H2,1-3H3,(H,25,28)(H,29,30)/t12?,16-/m1/s1. The van der Waals surface area contributed by atoms with Crippen LogP contribution in [0, 0.1) is 12.7 Å². The predicted molar refractivity (Wildman–Crippen MR) is 112 cm³/mol. The van der Waals surface area contributed by atoms with E-state index in [2.05, 4.69) is 5.32 Å². The maximum absolute atomic E-state index is 14.1. The molecule has 1 unspecified atom stereocenters. The number of nitrogens with zero attached hydrogens (tertiary/aromatic N) is 1. The van der Waals surface area contributed by atoms with Crippen LogP contribution in [0.25, 0.3) is 10.9 Å². The number of aliphatic hydroxyl groups excluding tert-OH is 1. The van der Waals surface area contributed by atoms with Crippen molar-refractivity contribution in [1.29, 1.82) is 0 Å². The lowest BCUT2D eigenvalue weighted by Gasteiger charge is -2.18. The highest BCUT2D eigenvalue weighted by molar-refractivity contribution is 6.36. The third kappa shape index (κ3) is 3.91. The molecule has 0 fully saturated rings. The van der Waals surface area contributed by atoms with Crippen LogP contribution in [0.2, 0.25) is 5.02 Å². The van der Waals surface area contributed by atoms with Crippen molar-refractivity contribution in [3.05, 3.63) is 69.6 Å². The van der Waals surface area contributed by atoms with Crippen molar-refractivity contribution in [3.63, 3.8) is 0 Å². The van der Waals surface area contributed by atoms with Crippen LogP contribution in [0.3, 0.4) is 0 Å². The maximum Gasteiger partial charge on any atom is 0.310 e. The molecule has 0 spiro atoms. The van der Waals surface area contributed by atoms with Gasteiger partial charge < -0.3 is 20.1 Å². The topological polar surface area (TPSA) is 91.6 Å². The van der Waals surface area contributed by atoms with E-state index in [1.165, 1.54) is 6.07 Å². The molecule has 1 aromatic heterocycles. The largest absolute Gasteiger partial charge is 0.481 e. The average Bonchev–Trinajstić information content (AvgIpc) is 3.06. The number of hydrogen-bond acceptors (Lipinski definition) is 3. The number of halogens is 2. The first kappa shape index (κ1) is 21.8. The number of carbonyl (C=O) groups is 2. The number of carboxylic acids is 1. The molecule has 0 aliphatic carbocycles. The van der Waals surface area contributed by atoms with E-state index in [0.29, 0.717) is 27.6 Å². The molecule has 0 saturated carbocycles. The SMILES string of the molecule is Cc1cc2c(cc(C(=O)N[C@H](CO)c3ccc(C(C)C(=O)O)cc3)n2C)c(Cl)c1F. The molecule has 6 nitrogen and oxygen atoms in total. The number of benzene rings is 2. The van der Waals surface area contributed by atoms with Crippen molar-refractivity contribution in [2.75, 3.05) is 6.61 Å². The van der Waals surface area contributed by atoms with Crippen molar-refractivity contribution in [1.82, 2.24) is 9.88 Å². The number of fused-ring (bicyclic) bond motifs is 1. The molecule has 1 amide bonds. The molecule has 30 heavy (non-hydrogen) atoms. The van der Waals surface area contributed by atoms with Crippen molar-refractivity contribution in [3.8, 4) is 0 Å². The van der Waals surface area contributed by atoms with Crippen molar-refractivity contribution < 1.29 is 24.2 Å². The molecule has 0 radical (unpaired) electrons. The van der Waals surface area contributed by atoms with Crippen LogP contribution in [0.4, 0.5) is 4.39 Å². The van der Waals surface area contributed by atoms with E-state index in [0.717, 1.165) is 0 Å². The molecule has 2 atom stereocenters. The Hall–Kier alpha value is -2.90. The van der Waals surface area contributed by atoms with Gasteiger partial charge in [0.2, 0.25) is 0 Å². The summed E-state index contributed by atoms with van der Waals surface area (Å²) in [4.78, 5) is 24.0. The number of rotatable bonds is 6. The van der Waals surface area contributed by atoms with Crippen LogP contribution in [0.1, 0.15) is 46.1 Å². The summed E-state index contributed by atoms with van der Waals surface area (Å²) < 4.78 is 15.7. The van der Waals surface area contributed by atoms with Crippen molar-refractivity contribution >= 4 is 34.4 Å². The quantitative estimate of drug-likeness (QED) is 0.550. The van der Waals surface area contributed by atoms with Gasteiger partial charge in [-0.15, -0.1) is 0 Å². The highest BCUT2D eigenvalue weighted by atomic mass is 35.5. The number of carbonyl (C=O) groups excluding carboxylic acids is 1. The van der Waals surface area contributed by atoms with Gasteiger partial charge in [-0.2, -0.15) is 0 Å². The summed E-state index contributed by atoms with van der Waals surface area (Å²) in [5, 5.41) is 22.0. The molecular weight excluding hydrogens is 411 g/mol. The van der Waals surface area contributed by atoms with Crippen LogP contribution in [-0.2, 0) is 11.8 Å². The molecule has 3 aromatic rings. The number of hydrogen-bond donors (Lipinski definition) is 3. The molecule has 0 aliphatic rings. The zero-order chi connectivity index (χ0) is 22.2. The summed E-state index contributed by atoms with van der Waals surface area (Å²) in [5.74, 6) is -2.57. The number of aliphatic carboxylic acids is 1. The number of amides is 1. The Morgan fingerprint density at radius 1 is 1.20 bits per heavy atom. The Morgan fingerprint density at radius 3 is 2.37 bits per heavy atom. The molecule has 2 aromatic carbocycles. The Bertz CT molecular complexity index is 1120. The molecule has 0 aliphatic heterocycles. The lowest BCUT2D eigenvalue weighted by Crippen LogP contribution is -2.32. The van der Waals surface area contributed by atoms with Gasteiger partial charge in [0, 0.05) is 12.4 Å². The van der Waals surface area contributed by atoms with Gasteiger partial charge >= 0.3 is 5.97 Å². The Kier molecular flexibility index (Phi) is 6.14. The Labute approximate surface area is 177 Å². The van der Waals surface area contributed by atoms with Gasteiger partial charge in [0.25, 0.3) is 5.91 Å². The van der Waals surface area contributed by atoms with E-state index in [1.54, 1.807) is 55.8 Å². The third-order valence-corrected chi connectivity index (χ3v) is 5.71. The van der Waals surface area contributed by atoms with Gasteiger partial charge in [-0.3, -0.25) is 9.59 Å². The normalized spacial score (nSPS) is 13.3. The number of aromatic nitrogens is 1. The molecule has 3 N–H and O–H groups in total. The summed E-state index contributed by atoms with van der Waals surface area (Å²) in [6.07, 6.45) is 0. The second-order valence-electron chi connectivity index (χ2n) is 7.28. The summed E-state index contributed by atoms with van der Waals surface area (Å²) in [6.45, 7) is 2.83.